The van der Waals surface area contributed by atoms with Crippen LogP contribution in [0.4, 0.5) is 0 Å². The fraction of sp³-hybridized carbons (Fsp3) is 0.632. The average molecular weight is 345 g/mol. The first-order valence-electron chi connectivity index (χ1n) is 9.46. The minimum atomic E-state index is 0.937. The highest BCUT2D eigenvalue weighted by atomic mass is 32.1. The smallest absolute Gasteiger partial charge is 0.183 e. The average Bonchev–Trinajstić information content (AvgIpc) is 2.90. The monoisotopic (exact) mass is 344 g/mol. The molecule has 1 aromatic carbocycles. The van der Waals surface area contributed by atoms with Gasteiger partial charge in [-0.2, -0.15) is 0 Å². The van der Waals surface area contributed by atoms with Crippen LogP contribution >= 0.6 is 12.2 Å². The van der Waals surface area contributed by atoms with Gasteiger partial charge < -0.3 is 9.13 Å². The van der Waals surface area contributed by atoms with Crippen molar-refractivity contribution in [1.82, 2.24) is 18.9 Å². The fourth-order valence-electron chi connectivity index (χ4n) is 4.15. The van der Waals surface area contributed by atoms with Crippen molar-refractivity contribution in [2.75, 3.05) is 26.2 Å². The van der Waals surface area contributed by atoms with Crippen molar-refractivity contribution in [3.8, 4) is 0 Å². The van der Waals surface area contributed by atoms with E-state index in [2.05, 4.69) is 43.2 Å². The predicted octanol–water partition coefficient (Wildman–Crippen LogP) is 4.06. The van der Waals surface area contributed by atoms with E-state index < -0.39 is 0 Å². The molecule has 0 spiro atoms. The van der Waals surface area contributed by atoms with Gasteiger partial charge in [0.05, 0.1) is 24.4 Å². The van der Waals surface area contributed by atoms with E-state index in [9.17, 15) is 0 Å². The summed E-state index contributed by atoms with van der Waals surface area (Å²) < 4.78 is 5.67. The maximum Gasteiger partial charge on any atom is 0.183 e. The molecule has 3 heterocycles. The zero-order valence-corrected chi connectivity index (χ0v) is 15.3. The Kier molecular flexibility index (Phi) is 5.01. The summed E-state index contributed by atoms with van der Waals surface area (Å²) in [5.74, 6) is 0. The summed E-state index contributed by atoms with van der Waals surface area (Å²) in [6, 6.07) is 8.72. The van der Waals surface area contributed by atoms with Gasteiger partial charge in [0, 0.05) is 0 Å². The summed E-state index contributed by atoms with van der Waals surface area (Å²) in [6.45, 7) is 6.68. The number of para-hydroxylation sites is 2. The Bertz CT molecular complexity index is 675. The van der Waals surface area contributed by atoms with Gasteiger partial charge in [-0.15, -0.1) is 0 Å². The number of piperidine rings is 2. The number of nitrogens with zero attached hydrogens (tertiary/aromatic N) is 4. The fourth-order valence-corrected chi connectivity index (χ4v) is 4.46. The molecule has 0 unspecified atom stereocenters. The van der Waals surface area contributed by atoms with Crippen molar-refractivity contribution in [3.05, 3.63) is 29.0 Å². The predicted molar refractivity (Wildman–Crippen MR) is 102 cm³/mol. The Hall–Kier alpha value is -1.17. The Balaban J connectivity index is 1.65. The van der Waals surface area contributed by atoms with Gasteiger partial charge in [-0.3, -0.25) is 9.80 Å². The standard InChI is InChI=1S/C19H28N4S/c24-19-22(15-20-11-5-1-6-12-20)17-9-3-4-10-18(17)23(19)16-21-13-7-2-8-14-21/h3-4,9-10H,1-2,5-8,11-16H2. The second kappa shape index (κ2) is 7.38. The van der Waals surface area contributed by atoms with Crippen LogP contribution < -0.4 is 0 Å². The molecule has 4 rings (SSSR count). The van der Waals surface area contributed by atoms with Crippen LogP contribution in [-0.4, -0.2) is 45.1 Å². The van der Waals surface area contributed by atoms with Crippen LogP contribution in [0, 0.1) is 4.77 Å². The normalized spacial score (nSPS) is 20.7. The molecule has 2 aliphatic rings. The molecule has 2 saturated heterocycles. The van der Waals surface area contributed by atoms with Crippen LogP contribution in [0.3, 0.4) is 0 Å². The van der Waals surface area contributed by atoms with E-state index >= 15 is 0 Å². The zero-order chi connectivity index (χ0) is 16.4. The highest BCUT2D eigenvalue weighted by molar-refractivity contribution is 7.71. The topological polar surface area (TPSA) is 16.3 Å². The maximum atomic E-state index is 5.90. The molecule has 0 atom stereocenters. The van der Waals surface area contributed by atoms with Gasteiger partial charge in [-0.1, -0.05) is 25.0 Å². The number of fused-ring (bicyclic) bond motifs is 1. The quantitative estimate of drug-likeness (QED) is 0.778. The van der Waals surface area contributed by atoms with Crippen LogP contribution in [-0.2, 0) is 13.3 Å². The number of rotatable bonds is 4. The molecule has 130 valence electrons. The SMILES string of the molecule is S=c1n(CN2CCCCC2)c2ccccc2n1CN1CCCCC1. The molecule has 0 N–H and O–H groups in total. The van der Waals surface area contributed by atoms with E-state index in [1.165, 1.54) is 75.7 Å². The number of aromatic nitrogens is 2. The molecular formula is C19H28N4S. The minimum Gasteiger partial charge on any atom is -0.303 e. The first-order valence-corrected chi connectivity index (χ1v) is 9.86. The molecule has 0 radical (unpaired) electrons. The molecule has 24 heavy (non-hydrogen) atoms. The summed E-state index contributed by atoms with van der Waals surface area (Å²) in [6.07, 6.45) is 8.02. The largest absolute Gasteiger partial charge is 0.303 e. The van der Waals surface area contributed by atoms with Crippen molar-refractivity contribution in [2.45, 2.75) is 51.9 Å². The third-order valence-corrected chi connectivity index (χ3v) is 5.95. The number of hydrogen-bond acceptors (Lipinski definition) is 3. The van der Waals surface area contributed by atoms with E-state index in [0.717, 1.165) is 18.1 Å². The lowest BCUT2D eigenvalue weighted by atomic mass is 10.1. The lowest BCUT2D eigenvalue weighted by Crippen LogP contribution is -2.33. The molecule has 2 fully saturated rings. The third-order valence-electron chi connectivity index (χ3n) is 5.51. The van der Waals surface area contributed by atoms with Crippen LogP contribution in [0.25, 0.3) is 11.0 Å². The Labute approximate surface area is 149 Å². The Morgan fingerprint density at radius 3 is 1.50 bits per heavy atom. The van der Waals surface area contributed by atoms with Crippen LogP contribution in [0.1, 0.15) is 38.5 Å². The zero-order valence-electron chi connectivity index (χ0n) is 14.5. The molecule has 1 aromatic heterocycles. The Morgan fingerprint density at radius 2 is 1.08 bits per heavy atom. The number of hydrogen-bond donors (Lipinski definition) is 0. The van der Waals surface area contributed by atoms with Crippen molar-refractivity contribution in [1.29, 1.82) is 0 Å². The first-order chi connectivity index (χ1) is 11.8. The van der Waals surface area contributed by atoms with Gasteiger partial charge in [0.25, 0.3) is 0 Å². The molecule has 0 amide bonds. The van der Waals surface area contributed by atoms with Crippen LogP contribution in [0.15, 0.2) is 24.3 Å². The van der Waals surface area contributed by atoms with Gasteiger partial charge in [-0.25, -0.2) is 0 Å². The summed E-state index contributed by atoms with van der Waals surface area (Å²) in [7, 11) is 0. The lowest BCUT2D eigenvalue weighted by Gasteiger charge is -2.27. The van der Waals surface area contributed by atoms with Crippen molar-refractivity contribution in [3.63, 3.8) is 0 Å². The van der Waals surface area contributed by atoms with Crippen molar-refractivity contribution >= 4 is 23.3 Å². The Morgan fingerprint density at radius 1 is 0.667 bits per heavy atom. The van der Waals surface area contributed by atoms with Crippen LogP contribution in [0.2, 0.25) is 0 Å². The van der Waals surface area contributed by atoms with Gasteiger partial charge in [0.1, 0.15) is 0 Å². The van der Waals surface area contributed by atoms with Gasteiger partial charge >= 0.3 is 0 Å². The molecule has 2 aliphatic heterocycles. The summed E-state index contributed by atoms with van der Waals surface area (Å²) in [5, 5.41) is 0. The van der Waals surface area contributed by atoms with Gasteiger partial charge in [-0.05, 0) is 76.2 Å². The van der Waals surface area contributed by atoms with E-state index in [0.29, 0.717) is 0 Å². The molecule has 2 aromatic rings. The van der Waals surface area contributed by atoms with E-state index in [1.54, 1.807) is 0 Å². The minimum absolute atomic E-state index is 0.937. The number of likely N-dealkylation sites (tertiary alicyclic amines) is 2. The lowest BCUT2D eigenvalue weighted by molar-refractivity contribution is 0.173. The van der Waals surface area contributed by atoms with E-state index in [4.69, 9.17) is 12.2 Å². The molecule has 0 aliphatic carbocycles. The summed E-state index contributed by atoms with van der Waals surface area (Å²) in [4.78, 5) is 5.11. The molecule has 4 nitrogen and oxygen atoms in total. The van der Waals surface area contributed by atoms with Gasteiger partial charge in [0.15, 0.2) is 4.77 Å². The second-order valence-corrected chi connectivity index (χ2v) is 7.63. The van der Waals surface area contributed by atoms with Gasteiger partial charge in [0.2, 0.25) is 0 Å². The summed E-state index contributed by atoms with van der Waals surface area (Å²) >= 11 is 5.90. The highest BCUT2D eigenvalue weighted by Crippen LogP contribution is 2.21. The highest BCUT2D eigenvalue weighted by Gasteiger charge is 2.17. The van der Waals surface area contributed by atoms with E-state index in [-0.39, 0.29) is 0 Å². The summed E-state index contributed by atoms with van der Waals surface area (Å²) in [5.41, 5.74) is 2.56. The van der Waals surface area contributed by atoms with Crippen molar-refractivity contribution < 1.29 is 0 Å². The number of imidazole rings is 1. The molecule has 5 heteroatoms. The third kappa shape index (κ3) is 3.30. The van der Waals surface area contributed by atoms with E-state index in [1.807, 2.05) is 0 Å². The molecule has 0 bridgehead atoms. The van der Waals surface area contributed by atoms with Crippen LogP contribution in [0.5, 0.6) is 0 Å². The molecule has 0 saturated carbocycles. The number of benzene rings is 1. The first kappa shape index (κ1) is 16.3. The maximum absolute atomic E-state index is 5.90. The van der Waals surface area contributed by atoms with Crippen molar-refractivity contribution in [2.24, 2.45) is 0 Å². The molecular weight excluding hydrogens is 316 g/mol. The second-order valence-electron chi connectivity index (χ2n) is 7.27.